The molecular formula is C18H14BrFO. The molecule has 3 aromatic carbocycles. The number of halogens is 2. The molecule has 1 unspecified atom stereocenters. The lowest BCUT2D eigenvalue weighted by Crippen LogP contribution is -2.02. The van der Waals surface area contributed by atoms with Crippen molar-refractivity contribution in [1.29, 1.82) is 0 Å². The molecule has 3 aromatic rings. The maximum Gasteiger partial charge on any atom is 0.124 e. The van der Waals surface area contributed by atoms with E-state index >= 15 is 0 Å². The lowest BCUT2D eigenvalue weighted by atomic mass is 9.99. The van der Waals surface area contributed by atoms with Crippen LogP contribution in [0.15, 0.2) is 65.1 Å². The van der Waals surface area contributed by atoms with Crippen molar-refractivity contribution in [3.05, 3.63) is 82.1 Å². The Morgan fingerprint density at radius 3 is 2.48 bits per heavy atom. The van der Waals surface area contributed by atoms with E-state index in [1.165, 1.54) is 12.1 Å². The van der Waals surface area contributed by atoms with Gasteiger partial charge in [0.15, 0.2) is 0 Å². The zero-order chi connectivity index (χ0) is 14.8. The Morgan fingerprint density at radius 2 is 1.71 bits per heavy atom. The number of hydrogen-bond donors (Lipinski definition) is 1. The second-order valence-electron chi connectivity index (χ2n) is 5.10. The Bertz CT molecular complexity index is 765. The molecule has 0 aliphatic rings. The van der Waals surface area contributed by atoms with Crippen molar-refractivity contribution < 1.29 is 9.50 Å². The topological polar surface area (TPSA) is 20.2 Å². The number of aliphatic hydroxyl groups excluding tert-OH is 1. The predicted molar refractivity (Wildman–Crippen MR) is 86.7 cm³/mol. The fourth-order valence-corrected chi connectivity index (χ4v) is 3.00. The van der Waals surface area contributed by atoms with Gasteiger partial charge in [0.05, 0.1) is 6.10 Å². The molecule has 0 saturated carbocycles. The number of benzene rings is 3. The van der Waals surface area contributed by atoms with Crippen molar-refractivity contribution in [3.63, 3.8) is 0 Å². The monoisotopic (exact) mass is 344 g/mol. The average Bonchev–Trinajstić information content (AvgIpc) is 2.45. The molecule has 0 heterocycles. The normalized spacial score (nSPS) is 12.5. The van der Waals surface area contributed by atoms with Crippen LogP contribution < -0.4 is 0 Å². The van der Waals surface area contributed by atoms with E-state index < -0.39 is 6.10 Å². The van der Waals surface area contributed by atoms with Crippen molar-refractivity contribution in [3.8, 4) is 0 Å². The molecule has 1 N–H and O–H groups in total. The quantitative estimate of drug-likeness (QED) is 0.707. The van der Waals surface area contributed by atoms with Gasteiger partial charge in [0, 0.05) is 10.9 Å². The Hall–Kier alpha value is -1.71. The summed E-state index contributed by atoms with van der Waals surface area (Å²) in [5, 5.41) is 12.6. The Morgan fingerprint density at radius 1 is 0.952 bits per heavy atom. The zero-order valence-corrected chi connectivity index (χ0v) is 12.8. The van der Waals surface area contributed by atoms with Gasteiger partial charge in [0.25, 0.3) is 0 Å². The highest BCUT2D eigenvalue weighted by Gasteiger charge is 2.10. The molecule has 0 fully saturated rings. The minimum absolute atomic E-state index is 0.301. The summed E-state index contributed by atoms with van der Waals surface area (Å²) in [6.45, 7) is 0. The molecule has 0 aliphatic carbocycles. The van der Waals surface area contributed by atoms with Gasteiger partial charge in [0.1, 0.15) is 5.82 Å². The van der Waals surface area contributed by atoms with Gasteiger partial charge in [-0.25, -0.2) is 4.39 Å². The number of hydrogen-bond acceptors (Lipinski definition) is 1. The van der Waals surface area contributed by atoms with Crippen LogP contribution in [0.2, 0.25) is 0 Å². The molecule has 21 heavy (non-hydrogen) atoms. The first kappa shape index (κ1) is 14.2. The molecule has 1 nitrogen and oxygen atoms in total. The fraction of sp³-hybridized carbons (Fsp3) is 0.111. The second-order valence-corrected chi connectivity index (χ2v) is 6.02. The maximum atomic E-state index is 13.4. The predicted octanol–water partition coefficient (Wildman–Crippen LogP) is 5.02. The van der Waals surface area contributed by atoms with E-state index in [1.807, 2.05) is 48.5 Å². The first-order valence-corrected chi connectivity index (χ1v) is 7.53. The molecule has 0 amide bonds. The SMILES string of the molecule is OC(Cc1cc(F)cc(Br)c1)c1ccc2ccccc2c1. The molecular weight excluding hydrogens is 331 g/mol. The van der Waals surface area contributed by atoms with E-state index in [1.54, 1.807) is 0 Å². The molecule has 0 spiro atoms. The van der Waals surface area contributed by atoms with Crippen LogP contribution in [0.5, 0.6) is 0 Å². The third-order valence-electron chi connectivity index (χ3n) is 3.51. The average molecular weight is 345 g/mol. The van der Waals surface area contributed by atoms with Crippen molar-refractivity contribution in [2.75, 3.05) is 0 Å². The summed E-state index contributed by atoms with van der Waals surface area (Å²) in [5.74, 6) is -0.301. The van der Waals surface area contributed by atoms with Crippen molar-refractivity contribution >= 4 is 26.7 Å². The van der Waals surface area contributed by atoms with E-state index in [0.717, 1.165) is 21.9 Å². The van der Waals surface area contributed by atoms with Crippen LogP contribution in [-0.4, -0.2) is 5.11 Å². The van der Waals surface area contributed by atoms with E-state index in [-0.39, 0.29) is 5.82 Å². The van der Waals surface area contributed by atoms with Crippen LogP contribution in [0.4, 0.5) is 4.39 Å². The van der Waals surface area contributed by atoms with Crippen LogP contribution in [0, 0.1) is 5.82 Å². The standard InChI is InChI=1S/C18H14BrFO/c19-16-7-12(8-17(20)11-16)9-18(21)15-6-5-13-3-1-2-4-14(13)10-15/h1-8,10-11,18,21H,9H2. The first-order valence-electron chi connectivity index (χ1n) is 6.73. The zero-order valence-electron chi connectivity index (χ0n) is 11.3. The molecule has 106 valence electrons. The molecule has 0 saturated heterocycles. The largest absolute Gasteiger partial charge is 0.388 e. The molecule has 0 bridgehead atoms. The summed E-state index contributed by atoms with van der Waals surface area (Å²) in [7, 11) is 0. The summed E-state index contributed by atoms with van der Waals surface area (Å²) >= 11 is 3.27. The van der Waals surface area contributed by atoms with E-state index in [0.29, 0.717) is 10.9 Å². The maximum absolute atomic E-state index is 13.4. The summed E-state index contributed by atoms with van der Waals surface area (Å²) in [6, 6.07) is 18.6. The highest BCUT2D eigenvalue weighted by molar-refractivity contribution is 9.10. The molecule has 0 radical (unpaired) electrons. The minimum Gasteiger partial charge on any atom is -0.388 e. The smallest absolute Gasteiger partial charge is 0.124 e. The van der Waals surface area contributed by atoms with Gasteiger partial charge in [-0.3, -0.25) is 0 Å². The van der Waals surface area contributed by atoms with Crippen molar-refractivity contribution in [2.45, 2.75) is 12.5 Å². The van der Waals surface area contributed by atoms with Crippen LogP contribution >= 0.6 is 15.9 Å². The highest BCUT2D eigenvalue weighted by atomic mass is 79.9. The number of aliphatic hydroxyl groups is 1. The lowest BCUT2D eigenvalue weighted by Gasteiger charge is -2.12. The summed E-state index contributed by atoms with van der Waals surface area (Å²) in [5.41, 5.74) is 1.61. The van der Waals surface area contributed by atoms with Crippen molar-refractivity contribution in [1.82, 2.24) is 0 Å². The molecule has 3 heteroatoms. The number of rotatable bonds is 3. The van der Waals surface area contributed by atoms with Gasteiger partial charge < -0.3 is 5.11 Å². The van der Waals surface area contributed by atoms with Gasteiger partial charge in [-0.2, -0.15) is 0 Å². The summed E-state index contributed by atoms with van der Waals surface area (Å²) < 4.78 is 14.1. The van der Waals surface area contributed by atoms with E-state index in [9.17, 15) is 9.50 Å². The van der Waals surface area contributed by atoms with Crippen molar-refractivity contribution in [2.24, 2.45) is 0 Å². The molecule has 1 atom stereocenters. The third-order valence-corrected chi connectivity index (χ3v) is 3.97. The minimum atomic E-state index is -0.650. The summed E-state index contributed by atoms with van der Waals surface area (Å²) in [4.78, 5) is 0. The van der Waals surface area contributed by atoms with Crippen LogP contribution in [-0.2, 0) is 6.42 Å². The van der Waals surface area contributed by atoms with E-state index in [2.05, 4.69) is 15.9 Å². The second kappa shape index (κ2) is 5.96. The Kier molecular flexibility index (Phi) is 4.04. The fourth-order valence-electron chi connectivity index (χ4n) is 2.48. The van der Waals surface area contributed by atoms with Gasteiger partial charge in [-0.15, -0.1) is 0 Å². The van der Waals surface area contributed by atoms with Gasteiger partial charge in [0.2, 0.25) is 0 Å². The molecule has 3 rings (SSSR count). The van der Waals surface area contributed by atoms with Gasteiger partial charge >= 0.3 is 0 Å². The third kappa shape index (κ3) is 3.31. The lowest BCUT2D eigenvalue weighted by molar-refractivity contribution is 0.178. The highest BCUT2D eigenvalue weighted by Crippen LogP contribution is 2.24. The molecule has 0 aromatic heterocycles. The van der Waals surface area contributed by atoms with E-state index in [4.69, 9.17) is 0 Å². The van der Waals surface area contributed by atoms with Crippen LogP contribution in [0.1, 0.15) is 17.2 Å². The molecule has 0 aliphatic heterocycles. The van der Waals surface area contributed by atoms with Gasteiger partial charge in [-0.1, -0.05) is 52.3 Å². The Labute approximate surface area is 131 Å². The van der Waals surface area contributed by atoms with Crippen LogP contribution in [0.3, 0.4) is 0 Å². The number of fused-ring (bicyclic) bond motifs is 1. The first-order chi connectivity index (χ1) is 10.1. The van der Waals surface area contributed by atoms with Crippen LogP contribution in [0.25, 0.3) is 10.8 Å². The summed E-state index contributed by atoms with van der Waals surface area (Å²) in [6.07, 6.45) is -0.266. The van der Waals surface area contributed by atoms with Gasteiger partial charge in [-0.05, 0) is 46.2 Å². The Balaban J connectivity index is 1.87.